The van der Waals surface area contributed by atoms with E-state index >= 15 is 0 Å². The number of thioether (sulfide) groups is 1. The standard InChI is InChI=1S/C17H16F4N2O2S/c18-12-6-4-11(5-7-12)15(17(19,20)21)23-14(16(24)25)10-26-9-13-3-1-2-8-22-13/h1-8,14-15,23H,9-10H2,(H,24,25)/p-1/t14-,15?/m0/s1. The van der Waals surface area contributed by atoms with E-state index in [0.29, 0.717) is 11.4 Å². The average Bonchev–Trinajstić information content (AvgIpc) is 2.58. The van der Waals surface area contributed by atoms with Crippen molar-refractivity contribution in [1.82, 2.24) is 10.3 Å². The molecule has 1 heterocycles. The van der Waals surface area contributed by atoms with Gasteiger partial charge in [0.25, 0.3) is 0 Å². The number of aliphatic carboxylic acids is 1. The van der Waals surface area contributed by atoms with Crippen LogP contribution in [0, 0.1) is 5.82 Å². The highest BCUT2D eigenvalue weighted by Gasteiger charge is 2.42. The van der Waals surface area contributed by atoms with Crippen LogP contribution < -0.4 is 10.4 Å². The van der Waals surface area contributed by atoms with Crippen molar-refractivity contribution in [3.05, 3.63) is 65.7 Å². The number of hydrogen-bond acceptors (Lipinski definition) is 5. The molecule has 0 aliphatic rings. The minimum absolute atomic E-state index is 0.146. The molecule has 0 saturated carbocycles. The summed E-state index contributed by atoms with van der Waals surface area (Å²) in [6.07, 6.45) is -3.18. The smallest absolute Gasteiger partial charge is 0.407 e. The van der Waals surface area contributed by atoms with E-state index in [4.69, 9.17) is 0 Å². The van der Waals surface area contributed by atoms with Crippen LogP contribution in [0.5, 0.6) is 0 Å². The zero-order valence-corrected chi connectivity index (χ0v) is 14.2. The molecule has 0 amide bonds. The number of carbonyl (C=O) groups is 1. The van der Waals surface area contributed by atoms with Gasteiger partial charge >= 0.3 is 6.18 Å². The van der Waals surface area contributed by atoms with Gasteiger partial charge in [-0.25, -0.2) is 4.39 Å². The second kappa shape index (κ2) is 9.00. The molecule has 0 bridgehead atoms. The third-order valence-electron chi connectivity index (χ3n) is 3.44. The number of alkyl halides is 3. The van der Waals surface area contributed by atoms with Crippen LogP contribution >= 0.6 is 11.8 Å². The van der Waals surface area contributed by atoms with Crippen LogP contribution in [-0.4, -0.2) is 28.9 Å². The third-order valence-corrected chi connectivity index (χ3v) is 4.51. The summed E-state index contributed by atoms with van der Waals surface area (Å²) in [5.41, 5.74) is 0.403. The quantitative estimate of drug-likeness (QED) is 0.705. The number of carboxylic acids is 1. The Kier molecular flexibility index (Phi) is 6.98. The highest BCUT2D eigenvalue weighted by molar-refractivity contribution is 7.98. The van der Waals surface area contributed by atoms with Crippen LogP contribution in [0.3, 0.4) is 0 Å². The Balaban J connectivity index is 2.06. The zero-order valence-electron chi connectivity index (χ0n) is 13.4. The van der Waals surface area contributed by atoms with Crippen LogP contribution in [-0.2, 0) is 10.5 Å². The van der Waals surface area contributed by atoms with Gasteiger partial charge in [-0.05, 0) is 29.8 Å². The molecule has 1 aromatic heterocycles. The molecule has 0 spiro atoms. The Bertz CT molecular complexity index is 711. The molecule has 2 aromatic rings. The molecule has 1 aromatic carbocycles. The molecule has 9 heteroatoms. The van der Waals surface area contributed by atoms with E-state index in [1.54, 1.807) is 24.4 Å². The second-order valence-electron chi connectivity index (χ2n) is 5.40. The molecule has 0 radical (unpaired) electrons. The monoisotopic (exact) mass is 387 g/mol. The van der Waals surface area contributed by atoms with Crippen LogP contribution in [0.4, 0.5) is 17.6 Å². The van der Waals surface area contributed by atoms with Gasteiger partial charge in [-0.3, -0.25) is 10.3 Å². The van der Waals surface area contributed by atoms with Crippen molar-refractivity contribution in [1.29, 1.82) is 0 Å². The van der Waals surface area contributed by atoms with Crippen molar-refractivity contribution < 1.29 is 27.5 Å². The molecule has 2 rings (SSSR count). The Morgan fingerprint density at radius 2 is 1.88 bits per heavy atom. The first-order valence-electron chi connectivity index (χ1n) is 7.54. The summed E-state index contributed by atoms with van der Waals surface area (Å²) in [5.74, 6) is -2.13. The van der Waals surface area contributed by atoms with Gasteiger partial charge in [-0.1, -0.05) is 18.2 Å². The third kappa shape index (κ3) is 5.99. The Morgan fingerprint density at radius 3 is 2.42 bits per heavy atom. The van der Waals surface area contributed by atoms with Crippen LogP contribution in [0.15, 0.2) is 48.7 Å². The van der Waals surface area contributed by atoms with Crippen molar-refractivity contribution in [2.24, 2.45) is 0 Å². The fraction of sp³-hybridized carbons (Fsp3) is 0.294. The summed E-state index contributed by atoms with van der Waals surface area (Å²) < 4.78 is 52.9. The molecule has 0 saturated heterocycles. The molecule has 0 aliphatic carbocycles. The van der Waals surface area contributed by atoms with Crippen LogP contribution in [0.25, 0.3) is 0 Å². The largest absolute Gasteiger partial charge is 0.548 e. The molecule has 4 nitrogen and oxygen atoms in total. The average molecular weight is 387 g/mol. The minimum atomic E-state index is -4.75. The molecule has 140 valence electrons. The van der Waals surface area contributed by atoms with E-state index in [0.717, 1.165) is 36.0 Å². The minimum Gasteiger partial charge on any atom is -0.548 e. The molecule has 26 heavy (non-hydrogen) atoms. The van der Waals surface area contributed by atoms with Gasteiger partial charge in [-0.15, -0.1) is 0 Å². The lowest BCUT2D eigenvalue weighted by Crippen LogP contribution is -2.51. The number of rotatable bonds is 8. The van der Waals surface area contributed by atoms with E-state index in [1.807, 2.05) is 0 Å². The first-order valence-corrected chi connectivity index (χ1v) is 8.69. The lowest BCUT2D eigenvalue weighted by atomic mass is 10.1. The van der Waals surface area contributed by atoms with Gasteiger partial charge < -0.3 is 9.90 Å². The number of benzene rings is 1. The van der Waals surface area contributed by atoms with E-state index < -0.39 is 30.0 Å². The molecule has 1 unspecified atom stereocenters. The second-order valence-corrected chi connectivity index (χ2v) is 6.43. The van der Waals surface area contributed by atoms with E-state index in [1.165, 1.54) is 0 Å². The molecule has 1 N–H and O–H groups in total. The number of aromatic nitrogens is 1. The Hall–Kier alpha value is -2.13. The van der Waals surface area contributed by atoms with Crippen molar-refractivity contribution in [3.63, 3.8) is 0 Å². The lowest BCUT2D eigenvalue weighted by molar-refractivity contribution is -0.308. The number of carboxylic acid groups (broad SMARTS) is 1. The summed E-state index contributed by atoms with van der Waals surface area (Å²) in [5, 5.41) is 13.3. The predicted octanol–water partition coefficient (Wildman–Crippen LogP) is 2.47. The maximum absolute atomic E-state index is 13.3. The van der Waals surface area contributed by atoms with Gasteiger partial charge in [-0.2, -0.15) is 24.9 Å². The van der Waals surface area contributed by atoms with Crippen LogP contribution in [0.1, 0.15) is 17.3 Å². The van der Waals surface area contributed by atoms with E-state index in [-0.39, 0.29) is 11.3 Å². The summed E-state index contributed by atoms with van der Waals surface area (Å²) in [6, 6.07) is 5.12. The van der Waals surface area contributed by atoms with Gasteiger partial charge in [0.05, 0.1) is 17.7 Å². The molecular weight excluding hydrogens is 372 g/mol. The van der Waals surface area contributed by atoms with E-state index in [9.17, 15) is 27.5 Å². The van der Waals surface area contributed by atoms with Crippen molar-refractivity contribution >= 4 is 17.7 Å². The highest BCUT2D eigenvalue weighted by atomic mass is 32.2. The number of pyridine rings is 1. The van der Waals surface area contributed by atoms with E-state index in [2.05, 4.69) is 10.3 Å². The predicted molar refractivity (Wildman–Crippen MR) is 87.5 cm³/mol. The van der Waals surface area contributed by atoms with Crippen molar-refractivity contribution in [3.8, 4) is 0 Å². The summed E-state index contributed by atoms with van der Waals surface area (Å²) >= 11 is 1.12. The summed E-state index contributed by atoms with van der Waals surface area (Å²) in [4.78, 5) is 15.3. The molecular formula is C17H15F4N2O2S-. The number of nitrogens with one attached hydrogen (secondary N) is 1. The Labute approximate surface area is 151 Å². The number of halogens is 4. The lowest BCUT2D eigenvalue weighted by Gasteiger charge is -2.28. The topological polar surface area (TPSA) is 65.0 Å². The number of carbonyl (C=O) groups excluding carboxylic acids is 1. The molecule has 0 fully saturated rings. The zero-order chi connectivity index (χ0) is 19.2. The first-order chi connectivity index (χ1) is 12.3. The molecule has 0 aliphatic heterocycles. The normalized spacial score (nSPS) is 14.0. The van der Waals surface area contributed by atoms with Gasteiger partial charge in [0.15, 0.2) is 0 Å². The number of hydrogen-bond donors (Lipinski definition) is 1. The first kappa shape index (κ1) is 20.2. The summed E-state index contributed by atoms with van der Waals surface area (Å²) in [7, 11) is 0. The fourth-order valence-corrected chi connectivity index (χ4v) is 3.15. The Morgan fingerprint density at radius 1 is 1.19 bits per heavy atom. The maximum atomic E-state index is 13.3. The highest BCUT2D eigenvalue weighted by Crippen LogP contribution is 2.33. The van der Waals surface area contributed by atoms with Gasteiger partial charge in [0.2, 0.25) is 0 Å². The SMILES string of the molecule is O=C([O-])[C@H](CSCc1ccccn1)NC(c1ccc(F)cc1)C(F)(F)F. The van der Waals surface area contributed by atoms with Crippen LogP contribution in [0.2, 0.25) is 0 Å². The van der Waals surface area contributed by atoms with Crippen molar-refractivity contribution in [2.45, 2.75) is 24.0 Å². The number of nitrogens with zero attached hydrogens (tertiary/aromatic N) is 1. The molecule has 2 atom stereocenters. The van der Waals surface area contributed by atoms with Gasteiger partial charge in [0.1, 0.15) is 11.9 Å². The van der Waals surface area contributed by atoms with Crippen molar-refractivity contribution in [2.75, 3.05) is 5.75 Å². The fourth-order valence-electron chi connectivity index (χ4n) is 2.19. The maximum Gasteiger partial charge on any atom is 0.407 e. The van der Waals surface area contributed by atoms with Gasteiger partial charge in [0, 0.05) is 17.7 Å². The summed E-state index contributed by atoms with van der Waals surface area (Å²) in [6.45, 7) is 0.